The number of aromatic nitrogens is 4. The highest BCUT2D eigenvalue weighted by Crippen LogP contribution is 2.38. The van der Waals surface area contributed by atoms with E-state index in [9.17, 15) is 18.0 Å². The highest BCUT2D eigenvalue weighted by molar-refractivity contribution is 5.94. The van der Waals surface area contributed by atoms with Crippen LogP contribution in [0, 0.1) is 0 Å². The van der Waals surface area contributed by atoms with E-state index in [2.05, 4.69) is 30.0 Å². The molecule has 0 bridgehead atoms. The summed E-state index contributed by atoms with van der Waals surface area (Å²) in [4.78, 5) is 25.0. The molecule has 38 heavy (non-hydrogen) atoms. The first-order chi connectivity index (χ1) is 18.0. The Kier molecular flexibility index (Phi) is 6.61. The summed E-state index contributed by atoms with van der Waals surface area (Å²) < 4.78 is 45.1. The second-order valence-corrected chi connectivity index (χ2v) is 9.44. The number of hydrogen-bond donors (Lipinski definition) is 3. The van der Waals surface area contributed by atoms with Crippen molar-refractivity contribution in [2.45, 2.75) is 32.3 Å². The number of carbonyl (C=O) groups is 1. The molecular weight excluding hydrogens is 503 g/mol. The Hall–Kier alpha value is -3.91. The van der Waals surface area contributed by atoms with Crippen molar-refractivity contribution in [1.82, 2.24) is 24.6 Å². The lowest BCUT2D eigenvalue weighted by Gasteiger charge is -2.35. The number of nitrogens with two attached hydrogens (primary N) is 2. The van der Waals surface area contributed by atoms with Crippen LogP contribution in [0.4, 0.5) is 30.5 Å². The van der Waals surface area contributed by atoms with Gasteiger partial charge >= 0.3 is 6.36 Å². The van der Waals surface area contributed by atoms with E-state index in [4.69, 9.17) is 11.5 Å². The maximum Gasteiger partial charge on any atom is 0.573 e. The molecule has 0 saturated carbocycles. The first kappa shape index (κ1) is 25.7. The number of nitrogens with zero attached hydrogens (tertiary/aromatic N) is 6. The molecule has 0 radical (unpaired) electrons. The number of alkyl halides is 3. The van der Waals surface area contributed by atoms with Crippen LogP contribution in [0.3, 0.4) is 0 Å². The SMILES string of the molecule is CC(N)n1nc(C(N)=O)c2c1-c1nc(Nc3ccc(OC(F)(F)F)c(N4CCN(C)CC4)c3)ncc1CC2. The molecule has 1 atom stereocenters. The van der Waals surface area contributed by atoms with Gasteiger partial charge in [-0.2, -0.15) is 5.10 Å². The Labute approximate surface area is 216 Å². The lowest BCUT2D eigenvalue weighted by molar-refractivity contribution is -0.274. The van der Waals surface area contributed by atoms with Gasteiger partial charge in [-0.25, -0.2) is 14.6 Å². The number of rotatable bonds is 6. The van der Waals surface area contributed by atoms with E-state index in [0.717, 1.165) is 5.56 Å². The third kappa shape index (κ3) is 5.09. The Morgan fingerprint density at radius 3 is 2.58 bits per heavy atom. The number of carbonyl (C=O) groups excluding carboxylic acids is 1. The van der Waals surface area contributed by atoms with Gasteiger partial charge in [0.2, 0.25) is 5.95 Å². The highest BCUT2D eigenvalue weighted by Gasteiger charge is 2.34. The predicted octanol–water partition coefficient (Wildman–Crippen LogP) is 2.41. The van der Waals surface area contributed by atoms with Gasteiger partial charge in [0.15, 0.2) is 11.4 Å². The van der Waals surface area contributed by atoms with E-state index in [1.807, 2.05) is 11.9 Å². The molecule has 3 heterocycles. The van der Waals surface area contributed by atoms with Crippen molar-refractivity contribution in [1.29, 1.82) is 0 Å². The topological polar surface area (TPSA) is 140 Å². The molecule has 1 aliphatic heterocycles. The zero-order chi connectivity index (χ0) is 27.2. The molecule has 1 aromatic carbocycles. The molecule has 0 spiro atoms. The second-order valence-electron chi connectivity index (χ2n) is 9.44. The fraction of sp³-hybridized carbons (Fsp3) is 0.417. The van der Waals surface area contributed by atoms with Crippen LogP contribution in [0.1, 0.15) is 34.7 Å². The van der Waals surface area contributed by atoms with Crippen LogP contribution in [0.2, 0.25) is 0 Å². The van der Waals surface area contributed by atoms with Crippen LogP contribution in [0.25, 0.3) is 11.4 Å². The monoisotopic (exact) mass is 531 g/mol. The van der Waals surface area contributed by atoms with Gasteiger partial charge in [-0.05, 0) is 50.6 Å². The summed E-state index contributed by atoms with van der Waals surface area (Å²) >= 11 is 0. The Balaban J connectivity index is 1.50. The number of piperazine rings is 1. The first-order valence-electron chi connectivity index (χ1n) is 12.1. The smallest absolute Gasteiger partial charge is 0.404 e. The van der Waals surface area contributed by atoms with E-state index in [1.54, 1.807) is 19.2 Å². The molecule has 1 unspecified atom stereocenters. The predicted molar refractivity (Wildman–Crippen MR) is 134 cm³/mol. The number of nitrogens with one attached hydrogen (secondary N) is 1. The molecule has 1 aliphatic carbocycles. The van der Waals surface area contributed by atoms with Gasteiger partial charge in [-0.15, -0.1) is 13.2 Å². The van der Waals surface area contributed by atoms with Crippen molar-refractivity contribution in [2.24, 2.45) is 11.5 Å². The number of ether oxygens (including phenoxy) is 1. The molecule has 11 nitrogen and oxygen atoms in total. The van der Waals surface area contributed by atoms with Crippen molar-refractivity contribution >= 4 is 23.2 Å². The summed E-state index contributed by atoms with van der Waals surface area (Å²) in [6.07, 6.45) is -2.55. The zero-order valence-electron chi connectivity index (χ0n) is 20.9. The van der Waals surface area contributed by atoms with E-state index < -0.39 is 18.4 Å². The molecule has 2 aromatic heterocycles. The van der Waals surface area contributed by atoms with Gasteiger partial charge in [-0.3, -0.25) is 4.79 Å². The van der Waals surface area contributed by atoms with E-state index >= 15 is 0 Å². The quantitative estimate of drug-likeness (QED) is 0.437. The molecule has 1 saturated heterocycles. The van der Waals surface area contributed by atoms with Gasteiger partial charge in [0.05, 0.1) is 23.2 Å². The standard InChI is InChI=1S/C24H28F3N9O2/c1-13(28)36-21-16(20(33-36)22(29)37)5-3-14-12-30-23(32-19(14)21)31-15-4-6-18(38-24(25,26)27)17(11-15)35-9-7-34(2)8-10-35/h4,6,11-13H,3,5,7-10,28H2,1-2H3,(H2,29,37)(H,30,31,32). The normalized spacial score (nSPS) is 16.5. The Morgan fingerprint density at radius 2 is 1.92 bits per heavy atom. The van der Waals surface area contributed by atoms with Crippen LogP contribution in [0.15, 0.2) is 24.4 Å². The van der Waals surface area contributed by atoms with Gasteiger partial charge in [0.25, 0.3) is 5.91 Å². The number of aryl methyl sites for hydroxylation is 1. The number of likely N-dealkylation sites (N-methyl/N-ethyl adjacent to an activating group) is 1. The molecule has 1 fully saturated rings. The van der Waals surface area contributed by atoms with Crippen molar-refractivity contribution in [3.63, 3.8) is 0 Å². The number of primary amides is 1. The minimum absolute atomic E-state index is 0.160. The van der Waals surface area contributed by atoms with E-state index in [1.165, 1.54) is 16.8 Å². The number of hydrogen-bond acceptors (Lipinski definition) is 9. The minimum Gasteiger partial charge on any atom is -0.404 e. The lowest BCUT2D eigenvalue weighted by Crippen LogP contribution is -2.44. The molecule has 14 heteroatoms. The molecule has 2 aliphatic rings. The van der Waals surface area contributed by atoms with Crippen LogP contribution < -0.4 is 26.4 Å². The van der Waals surface area contributed by atoms with Gasteiger partial charge in [0, 0.05) is 43.6 Å². The van der Waals surface area contributed by atoms with E-state index in [-0.39, 0.29) is 17.4 Å². The average Bonchev–Trinajstić information content (AvgIpc) is 3.26. The maximum atomic E-state index is 13.1. The second kappa shape index (κ2) is 9.76. The molecule has 3 aromatic rings. The third-order valence-electron chi connectivity index (χ3n) is 6.65. The third-order valence-corrected chi connectivity index (χ3v) is 6.65. The summed E-state index contributed by atoms with van der Waals surface area (Å²) in [5.41, 5.74) is 15.3. The number of amides is 1. The fourth-order valence-corrected chi connectivity index (χ4v) is 4.79. The number of anilines is 3. The largest absolute Gasteiger partial charge is 0.573 e. The van der Waals surface area contributed by atoms with E-state index in [0.29, 0.717) is 67.3 Å². The maximum absolute atomic E-state index is 13.1. The van der Waals surface area contributed by atoms with Crippen LogP contribution in [-0.4, -0.2) is 70.1 Å². The molecular formula is C24H28F3N9O2. The number of halogens is 3. The zero-order valence-corrected chi connectivity index (χ0v) is 20.9. The molecule has 202 valence electrons. The number of benzene rings is 1. The summed E-state index contributed by atoms with van der Waals surface area (Å²) in [7, 11) is 1.96. The molecule has 5 rings (SSSR count). The van der Waals surface area contributed by atoms with Crippen molar-refractivity contribution in [3.8, 4) is 17.1 Å². The van der Waals surface area contributed by atoms with Crippen molar-refractivity contribution < 1.29 is 22.7 Å². The lowest BCUT2D eigenvalue weighted by atomic mass is 9.93. The summed E-state index contributed by atoms with van der Waals surface area (Å²) in [5.74, 6) is -0.694. The molecule has 5 N–H and O–H groups in total. The molecule has 1 amide bonds. The summed E-state index contributed by atoms with van der Waals surface area (Å²) in [5, 5.41) is 7.43. The summed E-state index contributed by atoms with van der Waals surface area (Å²) in [6.45, 7) is 4.25. The Bertz CT molecular complexity index is 1360. The average molecular weight is 532 g/mol. The summed E-state index contributed by atoms with van der Waals surface area (Å²) in [6, 6.07) is 4.36. The van der Waals surface area contributed by atoms with Gasteiger partial charge in [-0.1, -0.05) is 0 Å². The van der Waals surface area contributed by atoms with Gasteiger partial charge in [0.1, 0.15) is 0 Å². The van der Waals surface area contributed by atoms with Crippen molar-refractivity contribution in [2.75, 3.05) is 43.4 Å². The van der Waals surface area contributed by atoms with Crippen molar-refractivity contribution in [3.05, 3.63) is 41.2 Å². The highest BCUT2D eigenvalue weighted by atomic mass is 19.4. The number of fused-ring (bicyclic) bond motifs is 3. The minimum atomic E-state index is -4.82. The van der Waals surface area contributed by atoms with Gasteiger partial charge < -0.3 is 31.3 Å². The fourth-order valence-electron chi connectivity index (χ4n) is 4.79. The first-order valence-corrected chi connectivity index (χ1v) is 12.1. The van der Waals surface area contributed by atoms with Crippen LogP contribution in [0.5, 0.6) is 5.75 Å². The van der Waals surface area contributed by atoms with Crippen LogP contribution in [-0.2, 0) is 12.8 Å². The van der Waals surface area contributed by atoms with Crippen LogP contribution >= 0.6 is 0 Å². The Morgan fingerprint density at radius 1 is 1.18 bits per heavy atom.